The number of hydrogen-bond donors (Lipinski definition) is 0. The third kappa shape index (κ3) is 3.07. The minimum absolute atomic E-state index is 0.564. The Kier molecular flexibility index (Phi) is 4.08. The number of rotatable bonds is 4. The molecular weight excluding hydrogens is 296 g/mol. The van der Waals surface area contributed by atoms with Gasteiger partial charge in [0.1, 0.15) is 23.7 Å². The van der Waals surface area contributed by atoms with Crippen LogP contribution in [0.25, 0.3) is 10.9 Å². The third-order valence-corrected chi connectivity index (χ3v) is 4.61. The summed E-state index contributed by atoms with van der Waals surface area (Å²) < 4.78 is 6.08. The van der Waals surface area contributed by atoms with E-state index in [-0.39, 0.29) is 0 Å². The van der Waals surface area contributed by atoms with Crippen LogP contribution >= 0.6 is 0 Å². The van der Waals surface area contributed by atoms with E-state index in [1.807, 2.05) is 12.1 Å². The first kappa shape index (κ1) is 15.0. The van der Waals surface area contributed by atoms with Gasteiger partial charge in [0, 0.05) is 18.5 Å². The van der Waals surface area contributed by atoms with Crippen molar-refractivity contribution >= 4 is 16.7 Å². The van der Waals surface area contributed by atoms with E-state index < -0.39 is 0 Å². The van der Waals surface area contributed by atoms with Crippen LogP contribution in [0.4, 0.5) is 5.82 Å². The van der Waals surface area contributed by atoms with E-state index in [0.29, 0.717) is 6.61 Å². The highest BCUT2D eigenvalue weighted by molar-refractivity contribution is 5.86. The van der Waals surface area contributed by atoms with Crippen molar-refractivity contribution in [3.63, 3.8) is 0 Å². The molecule has 0 bridgehead atoms. The fraction of sp³-hybridized carbons (Fsp3) is 0.286. The molecule has 1 aliphatic heterocycles. The quantitative estimate of drug-likeness (QED) is 0.696. The van der Waals surface area contributed by atoms with Gasteiger partial charge in [0.05, 0.1) is 0 Å². The van der Waals surface area contributed by atoms with Crippen LogP contribution in [0.5, 0.6) is 5.75 Å². The first-order valence-corrected chi connectivity index (χ1v) is 8.63. The van der Waals surface area contributed by atoms with Crippen LogP contribution in [0.1, 0.15) is 24.0 Å². The van der Waals surface area contributed by atoms with Crippen molar-refractivity contribution in [1.29, 1.82) is 0 Å². The zero-order chi connectivity index (χ0) is 16.4. The van der Waals surface area contributed by atoms with Gasteiger partial charge in [-0.25, -0.2) is 4.98 Å². The van der Waals surface area contributed by atoms with Gasteiger partial charge in [-0.3, -0.25) is 0 Å². The molecule has 0 aliphatic carbocycles. The molecule has 24 heavy (non-hydrogen) atoms. The molecule has 1 fully saturated rings. The Morgan fingerprint density at radius 3 is 2.54 bits per heavy atom. The van der Waals surface area contributed by atoms with Gasteiger partial charge in [-0.05, 0) is 43.5 Å². The highest BCUT2D eigenvalue weighted by Gasteiger charge is 2.14. The molecule has 4 rings (SSSR count). The Hall–Kier alpha value is -2.55. The van der Waals surface area contributed by atoms with Crippen molar-refractivity contribution in [2.45, 2.75) is 26.4 Å². The van der Waals surface area contributed by atoms with Crippen LogP contribution in [0.15, 0.2) is 54.6 Å². The number of hydrogen-bond acceptors (Lipinski definition) is 3. The lowest BCUT2D eigenvalue weighted by Crippen LogP contribution is -2.18. The molecule has 0 saturated carbocycles. The van der Waals surface area contributed by atoms with Gasteiger partial charge < -0.3 is 9.64 Å². The van der Waals surface area contributed by atoms with Gasteiger partial charge in [-0.15, -0.1) is 0 Å². The maximum Gasteiger partial charge on any atom is 0.146 e. The SMILES string of the molecule is Cc1ccc(COc2cccc3ccc(N4CCCC4)nc23)cc1. The van der Waals surface area contributed by atoms with E-state index >= 15 is 0 Å². The Balaban J connectivity index is 1.61. The van der Waals surface area contributed by atoms with Crippen molar-refractivity contribution in [3.05, 3.63) is 65.7 Å². The molecule has 0 N–H and O–H groups in total. The van der Waals surface area contributed by atoms with E-state index in [2.05, 4.69) is 54.3 Å². The number of benzene rings is 2. The average molecular weight is 318 g/mol. The summed E-state index contributed by atoms with van der Waals surface area (Å²) in [6.07, 6.45) is 2.51. The topological polar surface area (TPSA) is 25.4 Å². The highest BCUT2D eigenvalue weighted by atomic mass is 16.5. The summed E-state index contributed by atoms with van der Waals surface area (Å²) in [5.41, 5.74) is 3.39. The maximum absolute atomic E-state index is 6.08. The molecule has 2 aromatic carbocycles. The minimum Gasteiger partial charge on any atom is -0.487 e. The molecule has 0 amide bonds. The summed E-state index contributed by atoms with van der Waals surface area (Å²) in [6, 6.07) is 18.9. The van der Waals surface area contributed by atoms with Gasteiger partial charge in [0.2, 0.25) is 0 Å². The lowest BCUT2D eigenvalue weighted by molar-refractivity contribution is 0.309. The largest absolute Gasteiger partial charge is 0.487 e. The zero-order valence-electron chi connectivity index (χ0n) is 14.0. The normalized spacial score (nSPS) is 14.3. The van der Waals surface area contributed by atoms with E-state index in [1.54, 1.807) is 0 Å². The predicted octanol–water partition coefficient (Wildman–Crippen LogP) is 4.72. The van der Waals surface area contributed by atoms with Crippen molar-refractivity contribution in [1.82, 2.24) is 4.98 Å². The fourth-order valence-corrected chi connectivity index (χ4v) is 3.19. The first-order chi connectivity index (χ1) is 11.8. The molecule has 0 unspecified atom stereocenters. The van der Waals surface area contributed by atoms with Gasteiger partial charge in [0.25, 0.3) is 0 Å². The Bertz CT molecular complexity index is 836. The van der Waals surface area contributed by atoms with E-state index in [9.17, 15) is 0 Å². The van der Waals surface area contributed by atoms with E-state index in [4.69, 9.17) is 9.72 Å². The van der Waals surface area contributed by atoms with Gasteiger partial charge in [-0.1, -0.05) is 42.0 Å². The second-order valence-corrected chi connectivity index (χ2v) is 6.47. The van der Waals surface area contributed by atoms with Crippen LogP contribution in [0.2, 0.25) is 0 Å². The minimum atomic E-state index is 0.564. The zero-order valence-corrected chi connectivity index (χ0v) is 14.0. The number of fused-ring (bicyclic) bond motifs is 1. The van der Waals surface area contributed by atoms with Crippen LogP contribution in [0, 0.1) is 6.92 Å². The fourth-order valence-electron chi connectivity index (χ4n) is 3.19. The van der Waals surface area contributed by atoms with Crippen LogP contribution in [0.3, 0.4) is 0 Å². The lowest BCUT2D eigenvalue weighted by atomic mass is 10.1. The second-order valence-electron chi connectivity index (χ2n) is 6.47. The van der Waals surface area contributed by atoms with Gasteiger partial charge >= 0.3 is 0 Å². The number of pyridine rings is 1. The third-order valence-electron chi connectivity index (χ3n) is 4.61. The summed E-state index contributed by atoms with van der Waals surface area (Å²) in [6.45, 7) is 4.87. The smallest absolute Gasteiger partial charge is 0.146 e. The highest BCUT2D eigenvalue weighted by Crippen LogP contribution is 2.28. The first-order valence-electron chi connectivity index (χ1n) is 8.63. The number of aromatic nitrogens is 1. The number of ether oxygens (including phenoxy) is 1. The monoisotopic (exact) mass is 318 g/mol. The summed E-state index contributed by atoms with van der Waals surface area (Å²) >= 11 is 0. The Morgan fingerprint density at radius 2 is 1.75 bits per heavy atom. The van der Waals surface area contributed by atoms with Crippen molar-refractivity contribution in [3.8, 4) is 5.75 Å². The molecule has 122 valence electrons. The summed E-state index contributed by atoms with van der Waals surface area (Å²) in [7, 11) is 0. The van der Waals surface area contributed by atoms with Crippen LogP contribution in [-0.4, -0.2) is 18.1 Å². The van der Waals surface area contributed by atoms with Crippen molar-refractivity contribution in [2.75, 3.05) is 18.0 Å². The maximum atomic E-state index is 6.08. The molecule has 3 nitrogen and oxygen atoms in total. The molecular formula is C21H22N2O. The van der Waals surface area contributed by atoms with Crippen molar-refractivity contribution < 1.29 is 4.74 Å². The molecule has 1 saturated heterocycles. The molecule has 3 heteroatoms. The van der Waals surface area contributed by atoms with Crippen LogP contribution < -0.4 is 9.64 Å². The van der Waals surface area contributed by atoms with E-state index in [0.717, 1.165) is 35.6 Å². The second kappa shape index (κ2) is 6.52. The molecule has 0 atom stereocenters. The Morgan fingerprint density at radius 1 is 0.958 bits per heavy atom. The molecule has 1 aliphatic rings. The summed E-state index contributed by atoms with van der Waals surface area (Å²) in [5.74, 6) is 1.92. The van der Waals surface area contributed by atoms with Gasteiger partial charge in [0.15, 0.2) is 0 Å². The molecule has 3 aromatic rings. The predicted molar refractivity (Wildman–Crippen MR) is 98.7 cm³/mol. The molecule has 2 heterocycles. The van der Waals surface area contributed by atoms with Crippen LogP contribution in [-0.2, 0) is 6.61 Å². The number of aryl methyl sites for hydroxylation is 1. The summed E-state index contributed by atoms with van der Waals surface area (Å²) in [4.78, 5) is 7.24. The molecule has 0 spiro atoms. The molecule has 0 radical (unpaired) electrons. The number of anilines is 1. The Labute approximate surface area is 142 Å². The van der Waals surface area contributed by atoms with Gasteiger partial charge in [-0.2, -0.15) is 0 Å². The van der Waals surface area contributed by atoms with E-state index in [1.165, 1.54) is 24.0 Å². The standard InChI is InChI=1S/C21H22N2O/c1-16-7-9-17(10-8-16)15-24-19-6-4-5-18-11-12-20(22-21(18)19)23-13-2-3-14-23/h4-12H,2-3,13-15H2,1H3. The number of nitrogens with zero attached hydrogens (tertiary/aromatic N) is 2. The number of para-hydroxylation sites is 1. The lowest BCUT2D eigenvalue weighted by Gasteiger charge is -2.17. The molecule has 1 aromatic heterocycles. The summed E-state index contributed by atoms with van der Waals surface area (Å²) in [5, 5.41) is 1.12. The average Bonchev–Trinajstić information content (AvgIpc) is 3.15. The van der Waals surface area contributed by atoms with Crippen molar-refractivity contribution in [2.24, 2.45) is 0 Å².